The molecular weight excluding hydrogens is 204 g/mol. The second kappa shape index (κ2) is 6.05. The van der Waals surface area contributed by atoms with Crippen LogP contribution in [0.25, 0.3) is 5.76 Å². The van der Waals surface area contributed by atoms with Crippen molar-refractivity contribution in [1.29, 1.82) is 0 Å². The molecule has 0 aliphatic carbocycles. The molecule has 1 aromatic carbocycles. The summed E-state index contributed by atoms with van der Waals surface area (Å²) in [7, 11) is 1.59. The normalized spacial score (nSPS) is 11.3. The zero-order valence-electron chi connectivity index (χ0n) is 9.99. The van der Waals surface area contributed by atoms with Crippen molar-refractivity contribution in [3.05, 3.63) is 29.8 Å². The molecule has 0 bridgehead atoms. The maximum Gasteiger partial charge on any atom is 0.172 e. The van der Waals surface area contributed by atoms with Gasteiger partial charge in [-0.1, -0.05) is 13.0 Å². The highest BCUT2D eigenvalue weighted by Crippen LogP contribution is 2.34. The number of benzene rings is 1. The molecule has 1 aromatic rings. The molecule has 16 heavy (non-hydrogen) atoms. The molecule has 0 aliphatic heterocycles. The molecule has 1 N–H and O–H groups in total. The lowest BCUT2D eigenvalue weighted by Gasteiger charge is -2.14. The van der Waals surface area contributed by atoms with E-state index in [0.29, 0.717) is 23.7 Å². The van der Waals surface area contributed by atoms with Gasteiger partial charge in [0.1, 0.15) is 5.76 Å². The van der Waals surface area contributed by atoms with Crippen LogP contribution in [0.4, 0.5) is 0 Å². The summed E-state index contributed by atoms with van der Waals surface area (Å²) in [6, 6.07) is 5.45. The molecule has 0 saturated carbocycles. The molecule has 0 aliphatic rings. The van der Waals surface area contributed by atoms with Crippen LogP contribution >= 0.6 is 0 Å². The van der Waals surface area contributed by atoms with E-state index in [2.05, 4.69) is 0 Å². The quantitative estimate of drug-likeness (QED) is 0.776. The van der Waals surface area contributed by atoms with Gasteiger partial charge >= 0.3 is 0 Å². The lowest BCUT2D eigenvalue weighted by molar-refractivity contribution is 0.292. The zero-order valence-corrected chi connectivity index (χ0v) is 9.99. The van der Waals surface area contributed by atoms with Gasteiger partial charge in [0.25, 0.3) is 0 Å². The molecule has 0 heterocycles. The molecular formula is C13H18O3. The van der Waals surface area contributed by atoms with Crippen molar-refractivity contribution in [2.75, 3.05) is 13.7 Å². The highest BCUT2D eigenvalue weighted by molar-refractivity contribution is 5.67. The predicted octanol–water partition coefficient (Wildman–Crippen LogP) is 3.40. The van der Waals surface area contributed by atoms with Gasteiger partial charge in [0.05, 0.1) is 19.3 Å². The largest absolute Gasteiger partial charge is 0.508 e. The lowest BCUT2D eigenvalue weighted by Crippen LogP contribution is -2.01. The Bertz CT molecular complexity index is 369. The Balaban J connectivity index is 3.15. The monoisotopic (exact) mass is 222 g/mol. The van der Waals surface area contributed by atoms with E-state index in [1.165, 1.54) is 0 Å². The Morgan fingerprint density at radius 2 is 2.19 bits per heavy atom. The van der Waals surface area contributed by atoms with Gasteiger partial charge in [-0.3, -0.25) is 0 Å². The first-order valence-electron chi connectivity index (χ1n) is 5.40. The topological polar surface area (TPSA) is 38.7 Å². The van der Waals surface area contributed by atoms with Crippen molar-refractivity contribution in [3.63, 3.8) is 0 Å². The number of hydrogen-bond donors (Lipinski definition) is 1. The van der Waals surface area contributed by atoms with Crippen LogP contribution in [0.3, 0.4) is 0 Å². The predicted molar refractivity (Wildman–Crippen MR) is 65.1 cm³/mol. The standard InChI is InChI=1S/C13H18O3/c1-4-9-16-13-10(11(14)5-2)7-6-8-12(13)15-3/h5-8,14H,4,9H2,1-3H3/b11-5+. The number of hydrogen-bond acceptors (Lipinski definition) is 3. The molecule has 3 nitrogen and oxygen atoms in total. The lowest BCUT2D eigenvalue weighted by atomic mass is 10.1. The number of ether oxygens (including phenoxy) is 2. The Labute approximate surface area is 96.3 Å². The molecule has 0 radical (unpaired) electrons. The van der Waals surface area contributed by atoms with E-state index >= 15 is 0 Å². The van der Waals surface area contributed by atoms with Gasteiger partial charge < -0.3 is 14.6 Å². The Morgan fingerprint density at radius 3 is 2.75 bits per heavy atom. The van der Waals surface area contributed by atoms with Crippen molar-refractivity contribution in [2.45, 2.75) is 20.3 Å². The number of aliphatic hydroxyl groups excluding tert-OH is 1. The van der Waals surface area contributed by atoms with Crippen LogP contribution in [-0.4, -0.2) is 18.8 Å². The number of methoxy groups -OCH3 is 1. The summed E-state index contributed by atoms with van der Waals surface area (Å²) >= 11 is 0. The van der Waals surface area contributed by atoms with E-state index in [1.54, 1.807) is 20.1 Å². The molecule has 0 spiro atoms. The first kappa shape index (κ1) is 12.4. The molecule has 1 rings (SSSR count). The van der Waals surface area contributed by atoms with Gasteiger partial charge in [-0.2, -0.15) is 0 Å². The highest BCUT2D eigenvalue weighted by atomic mass is 16.5. The van der Waals surface area contributed by atoms with Gasteiger partial charge in [-0.15, -0.1) is 0 Å². The van der Waals surface area contributed by atoms with Crippen LogP contribution in [0.1, 0.15) is 25.8 Å². The summed E-state index contributed by atoms with van der Waals surface area (Å²) in [5.74, 6) is 1.44. The minimum absolute atomic E-state index is 0.199. The van der Waals surface area contributed by atoms with Crippen molar-refractivity contribution >= 4 is 5.76 Å². The van der Waals surface area contributed by atoms with Crippen LogP contribution in [0.2, 0.25) is 0 Å². The summed E-state index contributed by atoms with van der Waals surface area (Å²) in [6.45, 7) is 4.41. The van der Waals surface area contributed by atoms with Crippen molar-refractivity contribution in [2.24, 2.45) is 0 Å². The number of allylic oxidation sites excluding steroid dienone is 1. The number of rotatable bonds is 5. The molecule has 88 valence electrons. The summed E-state index contributed by atoms with van der Waals surface area (Å²) in [4.78, 5) is 0. The first-order chi connectivity index (χ1) is 7.74. The average Bonchev–Trinajstić information content (AvgIpc) is 2.34. The molecule has 0 saturated heterocycles. The fraction of sp³-hybridized carbons (Fsp3) is 0.385. The SMILES string of the molecule is C/C=C(/O)c1cccc(OC)c1OCCC. The van der Waals surface area contributed by atoms with E-state index in [0.717, 1.165) is 6.42 Å². The van der Waals surface area contributed by atoms with Crippen LogP contribution in [0.5, 0.6) is 11.5 Å². The van der Waals surface area contributed by atoms with Crippen molar-refractivity contribution < 1.29 is 14.6 Å². The van der Waals surface area contributed by atoms with Gasteiger partial charge in [0.2, 0.25) is 0 Å². The van der Waals surface area contributed by atoms with Gasteiger partial charge in [-0.25, -0.2) is 0 Å². The van der Waals surface area contributed by atoms with Gasteiger partial charge in [0, 0.05) is 0 Å². The number of para-hydroxylation sites is 1. The van der Waals surface area contributed by atoms with Crippen LogP contribution < -0.4 is 9.47 Å². The Hall–Kier alpha value is -1.64. The fourth-order valence-electron chi connectivity index (χ4n) is 1.39. The minimum Gasteiger partial charge on any atom is -0.508 e. The third kappa shape index (κ3) is 2.69. The highest BCUT2D eigenvalue weighted by Gasteiger charge is 2.12. The van der Waals surface area contributed by atoms with E-state index in [-0.39, 0.29) is 5.76 Å². The third-order valence-corrected chi connectivity index (χ3v) is 2.20. The van der Waals surface area contributed by atoms with Crippen molar-refractivity contribution in [3.8, 4) is 11.5 Å². The first-order valence-corrected chi connectivity index (χ1v) is 5.40. The van der Waals surface area contributed by atoms with Crippen LogP contribution in [-0.2, 0) is 0 Å². The number of aliphatic hydroxyl groups is 1. The van der Waals surface area contributed by atoms with Gasteiger partial charge in [0.15, 0.2) is 11.5 Å². The molecule has 3 heteroatoms. The summed E-state index contributed by atoms with van der Waals surface area (Å²) in [5, 5.41) is 9.75. The van der Waals surface area contributed by atoms with E-state index in [4.69, 9.17) is 9.47 Å². The smallest absolute Gasteiger partial charge is 0.172 e. The summed E-state index contributed by atoms with van der Waals surface area (Å²) in [5.41, 5.74) is 0.662. The molecule has 0 fully saturated rings. The fourth-order valence-corrected chi connectivity index (χ4v) is 1.39. The summed E-state index contributed by atoms with van der Waals surface area (Å²) in [6.07, 6.45) is 2.54. The molecule has 0 atom stereocenters. The van der Waals surface area contributed by atoms with Crippen molar-refractivity contribution in [1.82, 2.24) is 0 Å². The average molecular weight is 222 g/mol. The Morgan fingerprint density at radius 1 is 1.44 bits per heavy atom. The Kier molecular flexibility index (Phi) is 4.70. The van der Waals surface area contributed by atoms with Crippen LogP contribution in [0, 0.1) is 0 Å². The maximum atomic E-state index is 9.75. The third-order valence-electron chi connectivity index (χ3n) is 2.20. The van der Waals surface area contributed by atoms with E-state index < -0.39 is 0 Å². The zero-order chi connectivity index (χ0) is 12.0. The van der Waals surface area contributed by atoms with E-state index in [1.807, 2.05) is 25.1 Å². The second-order valence-corrected chi connectivity index (χ2v) is 3.36. The van der Waals surface area contributed by atoms with Gasteiger partial charge in [-0.05, 0) is 31.6 Å². The van der Waals surface area contributed by atoms with Crippen LogP contribution in [0.15, 0.2) is 24.3 Å². The molecule has 0 unspecified atom stereocenters. The molecule has 0 amide bonds. The second-order valence-electron chi connectivity index (χ2n) is 3.36. The maximum absolute atomic E-state index is 9.75. The summed E-state index contributed by atoms with van der Waals surface area (Å²) < 4.78 is 10.8. The van der Waals surface area contributed by atoms with E-state index in [9.17, 15) is 5.11 Å². The minimum atomic E-state index is 0.199. The molecule has 0 aromatic heterocycles.